The van der Waals surface area contributed by atoms with Gasteiger partial charge in [0.05, 0.1) is 26.4 Å². The predicted molar refractivity (Wildman–Crippen MR) is 426 cm³/mol. The fourth-order valence-corrected chi connectivity index (χ4v) is 11.1. The number of allylic oxidation sites excluding steroid dienone is 30. The number of carbonyl (C=O) groups excluding carboxylic acids is 4. The summed E-state index contributed by atoms with van der Waals surface area (Å²) in [6.45, 7) is 4.32. The van der Waals surface area contributed by atoms with Crippen LogP contribution in [0.25, 0.3) is 0 Å². The smallest absolute Gasteiger partial charge is 0.462 e. The second-order valence-electron chi connectivity index (χ2n) is 25.2. The van der Waals surface area contributed by atoms with Crippen molar-refractivity contribution in [3.8, 4) is 0 Å². The molecule has 0 amide bonds. The number of hydrogen-bond acceptors (Lipinski definition) is 15. The molecule has 588 valence electrons. The first-order valence-corrected chi connectivity index (χ1v) is 42.0. The summed E-state index contributed by atoms with van der Waals surface area (Å²) in [4.78, 5) is 72.9. The summed E-state index contributed by atoms with van der Waals surface area (Å²) in [6.07, 6.45) is 90.5. The molecule has 0 aromatic rings. The first-order valence-electron chi connectivity index (χ1n) is 39.0. The summed E-state index contributed by atoms with van der Waals surface area (Å²) in [5.41, 5.74) is 0. The standard InChI is InChI=1S/C85H136O17P2/c1-5-9-13-17-21-25-29-32-35-38-39-42-44-47-51-54-58-62-66-70-83(88)96-76-81(102-85(90)72-68-64-60-56-52-48-45-41-37-34-31-27-23-19-15-11-7-3)78-100-104(93,94)98-74-79(86)73-97-103(91,92)99-77-80(101-84(89)71-67-63-59-55-49-28-24-20-16-12-8-4)75-95-82(87)69-65-61-57-53-50-46-43-40-36-33-30-26-22-18-14-10-6-2/h9-11,13-15,21-23,25-27,32-37,39,42-43,45-48,51,53,57-58,62,79-81,86H,5-8,12,16-20,24,28-31,38,40-41,44,49-50,52,54-56,59-61,63-78H2,1-4H3,(H,91,92)(H,93,94)/b13-9-,14-10-,15-11-,25-21-,26-22-,27-23-,35-32-,36-33-,37-34-,42-39-,46-43-,48-45-,51-47-,57-53-,62-58-. The molecule has 0 aliphatic rings. The Bertz CT molecular complexity index is 2690. The molecular formula is C85H136O17P2. The zero-order valence-corrected chi connectivity index (χ0v) is 65.9. The van der Waals surface area contributed by atoms with Crippen LogP contribution in [0.3, 0.4) is 0 Å². The Morgan fingerprint density at radius 2 is 0.529 bits per heavy atom. The van der Waals surface area contributed by atoms with E-state index >= 15 is 0 Å². The first-order chi connectivity index (χ1) is 50.7. The Morgan fingerprint density at radius 3 is 0.856 bits per heavy atom. The van der Waals surface area contributed by atoms with E-state index in [1.54, 1.807) is 0 Å². The summed E-state index contributed by atoms with van der Waals surface area (Å²) in [6, 6.07) is 0. The molecule has 0 aliphatic carbocycles. The van der Waals surface area contributed by atoms with Crippen LogP contribution in [0, 0.1) is 0 Å². The fourth-order valence-electron chi connectivity index (χ4n) is 9.57. The largest absolute Gasteiger partial charge is 0.472 e. The SMILES string of the molecule is CC/C=C\C/C=C\C/C=C\C/C=C\C/C=C\C/C=C\CCC(=O)OCC(COP(=O)(O)OCC(O)COP(=O)(O)OCC(COC(=O)CCC/C=C\C/C=C\C/C=C\C/C=C\C/C=C\CC)OC(=O)CCCCCCCCCCCCC)OC(=O)CCCCCC/C=C\C/C=C\C/C=C\C/C=C\CC. The van der Waals surface area contributed by atoms with Crippen LogP contribution in [0.2, 0.25) is 0 Å². The summed E-state index contributed by atoms with van der Waals surface area (Å²) in [7, 11) is -10.0. The number of phosphoric acid groups is 2. The van der Waals surface area contributed by atoms with Gasteiger partial charge < -0.3 is 33.8 Å². The Labute approximate surface area is 628 Å². The van der Waals surface area contributed by atoms with Gasteiger partial charge in [0.1, 0.15) is 19.3 Å². The lowest BCUT2D eigenvalue weighted by molar-refractivity contribution is -0.161. The van der Waals surface area contributed by atoms with Gasteiger partial charge in [0, 0.05) is 25.7 Å². The number of hydrogen-bond donors (Lipinski definition) is 3. The van der Waals surface area contributed by atoms with E-state index in [2.05, 4.69) is 180 Å². The van der Waals surface area contributed by atoms with Crippen LogP contribution in [0.1, 0.15) is 272 Å². The van der Waals surface area contributed by atoms with Gasteiger partial charge in [-0.15, -0.1) is 0 Å². The van der Waals surface area contributed by atoms with Crippen LogP contribution in [0.5, 0.6) is 0 Å². The maximum atomic E-state index is 13.1. The highest BCUT2D eigenvalue weighted by molar-refractivity contribution is 7.47. The topological polar surface area (TPSA) is 237 Å². The Kier molecular flexibility index (Phi) is 71.2. The third kappa shape index (κ3) is 74.4. The van der Waals surface area contributed by atoms with E-state index in [1.807, 2.05) is 30.4 Å². The van der Waals surface area contributed by atoms with Crippen molar-refractivity contribution < 1.29 is 80.2 Å². The molecule has 0 aromatic carbocycles. The van der Waals surface area contributed by atoms with Crippen molar-refractivity contribution in [3.05, 3.63) is 182 Å². The van der Waals surface area contributed by atoms with Crippen LogP contribution in [-0.4, -0.2) is 96.7 Å². The summed E-state index contributed by atoms with van der Waals surface area (Å²) in [5.74, 6) is -2.38. The highest BCUT2D eigenvalue weighted by atomic mass is 31.2. The van der Waals surface area contributed by atoms with E-state index in [0.29, 0.717) is 38.5 Å². The van der Waals surface area contributed by atoms with Crippen molar-refractivity contribution in [1.82, 2.24) is 0 Å². The fraction of sp³-hybridized carbons (Fsp3) is 0.600. The van der Waals surface area contributed by atoms with E-state index in [9.17, 15) is 43.2 Å². The molecule has 0 spiro atoms. The van der Waals surface area contributed by atoms with Gasteiger partial charge in [0.2, 0.25) is 0 Å². The minimum absolute atomic E-state index is 0.0227. The lowest BCUT2D eigenvalue weighted by Gasteiger charge is -2.21. The minimum Gasteiger partial charge on any atom is -0.462 e. The van der Waals surface area contributed by atoms with Gasteiger partial charge in [-0.3, -0.25) is 37.3 Å². The van der Waals surface area contributed by atoms with E-state index in [0.717, 1.165) is 141 Å². The molecule has 0 saturated carbocycles. The maximum Gasteiger partial charge on any atom is 0.472 e. The monoisotopic (exact) mass is 1490 g/mol. The molecule has 0 bridgehead atoms. The Hall–Kier alpha value is -5.84. The number of unbranched alkanes of at least 4 members (excludes halogenated alkanes) is 15. The average molecular weight is 1490 g/mol. The average Bonchev–Trinajstić information content (AvgIpc) is 0.931. The number of aliphatic hydroxyl groups is 1. The van der Waals surface area contributed by atoms with Crippen molar-refractivity contribution in [2.75, 3.05) is 39.6 Å². The summed E-state index contributed by atoms with van der Waals surface area (Å²) in [5, 5.41) is 10.6. The molecule has 3 N–H and O–H groups in total. The van der Waals surface area contributed by atoms with Gasteiger partial charge in [-0.05, 0) is 141 Å². The van der Waals surface area contributed by atoms with Crippen LogP contribution in [-0.2, 0) is 65.4 Å². The van der Waals surface area contributed by atoms with Gasteiger partial charge in [-0.1, -0.05) is 287 Å². The van der Waals surface area contributed by atoms with Crippen molar-refractivity contribution in [3.63, 3.8) is 0 Å². The molecule has 0 radical (unpaired) electrons. The van der Waals surface area contributed by atoms with Gasteiger partial charge in [0.25, 0.3) is 0 Å². The van der Waals surface area contributed by atoms with Crippen molar-refractivity contribution >= 4 is 39.5 Å². The predicted octanol–water partition coefficient (Wildman–Crippen LogP) is 22.8. The van der Waals surface area contributed by atoms with Crippen molar-refractivity contribution in [1.29, 1.82) is 0 Å². The maximum absolute atomic E-state index is 13.1. The molecule has 5 atom stereocenters. The molecule has 19 heteroatoms. The molecular weight excluding hydrogens is 1350 g/mol. The highest BCUT2D eigenvalue weighted by Gasteiger charge is 2.30. The number of phosphoric ester groups is 2. The number of rotatable bonds is 71. The van der Waals surface area contributed by atoms with E-state index in [4.69, 9.17) is 37.0 Å². The summed E-state index contributed by atoms with van der Waals surface area (Å²) >= 11 is 0. The molecule has 0 heterocycles. The number of aliphatic hydroxyl groups excluding tert-OH is 1. The molecule has 0 aromatic heterocycles. The molecule has 5 unspecified atom stereocenters. The van der Waals surface area contributed by atoms with Crippen molar-refractivity contribution in [2.24, 2.45) is 0 Å². The molecule has 0 saturated heterocycles. The normalized spacial score (nSPS) is 14.9. The second kappa shape index (κ2) is 75.4. The van der Waals surface area contributed by atoms with E-state index in [1.165, 1.54) is 38.5 Å². The molecule has 0 fully saturated rings. The van der Waals surface area contributed by atoms with Gasteiger partial charge >= 0.3 is 39.5 Å². The Balaban J connectivity index is 5.49. The second-order valence-corrected chi connectivity index (χ2v) is 28.1. The highest BCUT2D eigenvalue weighted by Crippen LogP contribution is 2.45. The third-order valence-electron chi connectivity index (χ3n) is 15.4. The van der Waals surface area contributed by atoms with Crippen molar-refractivity contribution in [2.45, 2.75) is 290 Å². The molecule has 0 rings (SSSR count). The quantitative estimate of drug-likeness (QED) is 0.0169. The van der Waals surface area contributed by atoms with Crippen LogP contribution >= 0.6 is 15.6 Å². The molecule has 0 aliphatic heterocycles. The molecule has 104 heavy (non-hydrogen) atoms. The lowest BCUT2D eigenvalue weighted by Crippen LogP contribution is -2.30. The van der Waals surface area contributed by atoms with E-state index < -0.39 is 97.5 Å². The molecule has 17 nitrogen and oxygen atoms in total. The Morgan fingerprint density at radius 1 is 0.279 bits per heavy atom. The van der Waals surface area contributed by atoms with Gasteiger partial charge in [0.15, 0.2) is 12.2 Å². The zero-order chi connectivity index (χ0) is 76.0. The van der Waals surface area contributed by atoms with Crippen LogP contribution in [0.4, 0.5) is 0 Å². The lowest BCUT2D eigenvalue weighted by atomic mass is 10.1. The van der Waals surface area contributed by atoms with E-state index in [-0.39, 0.29) is 25.7 Å². The number of esters is 4. The van der Waals surface area contributed by atoms with Gasteiger partial charge in [-0.2, -0.15) is 0 Å². The number of ether oxygens (including phenoxy) is 4. The first kappa shape index (κ1) is 98.2. The van der Waals surface area contributed by atoms with Gasteiger partial charge in [-0.25, -0.2) is 9.13 Å². The summed E-state index contributed by atoms with van der Waals surface area (Å²) < 4.78 is 68.4. The van der Waals surface area contributed by atoms with Crippen LogP contribution < -0.4 is 0 Å². The minimum atomic E-state index is -5.01. The third-order valence-corrected chi connectivity index (χ3v) is 17.3. The van der Waals surface area contributed by atoms with Crippen LogP contribution in [0.15, 0.2) is 182 Å². The zero-order valence-electron chi connectivity index (χ0n) is 64.1. The number of carbonyl (C=O) groups is 4.